The van der Waals surface area contributed by atoms with Crippen molar-refractivity contribution < 1.29 is 14.1 Å². The Labute approximate surface area is 188 Å². The maximum absolute atomic E-state index is 12.5. The zero-order chi connectivity index (χ0) is 21.6. The summed E-state index contributed by atoms with van der Waals surface area (Å²) in [5, 5.41) is 7.65. The van der Waals surface area contributed by atoms with E-state index < -0.39 is 0 Å². The molecule has 8 heteroatoms. The summed E-state index contributed by atoms with van der Waals surface area (Å²) in [4.78, 5) is 17.9. The smallest absolute Gasteiger partial charge is 0.260 e. The third-order valence-corrected chi connectivity index (χ3v) is 5.65. The molecule has 156 valence electrons. The highest BCUT2D eigenvalue weighted by molar-refractivity contribution is 8.00. The number of hydrogen-bond acceptors (Lipinski definition) is 6. The van der Waals surface area contributed by atoms with Gasteiger partial charge in [-0.1, -0.05) is 28.9 Å². The summed E-state index contributed by atoms with van der Waals surface area (Å²) in [5.74, 6) is 1.65. The van der Waals surface area contributed by atoms with Crippen molar-refractivity contribution in [3.05, 3.63) is 77.8 Å². The molecule has 1 amide bonds. The standard InChI is InChI=1S/C23H18ClN3O3S/c1-29-17-10-6-15(7-11-17)22-26-23(30-27-22)19-4-2-3-5-20(19)25-21(28)14-31-18-12-8-16(24)9-13-18/h2-13H,14H2,1H3,(H,25,28). The SMILES string of the molecule is COc1ccc(-c2noc(-c3ccccc3NC(=O)CSc3ccc(Cl)cc3)n2)cc1. The molecule has 0 bridgehead atoms. The second-order valence-corrected chi connectivity index (χ2v) is 7.97. The van der Waals surface area contributed by atoms with E-state index in [-0.39, 0.29) is 11.7 Å². The van der Waals surface area contributed by atoms with Gasteiger partial charge in [0.05, 0.1) is 24.1 Å². The number of halogens is 1. The van der Waals surface area contributed by atoms with Crippen LogP contribution in [0.1, 0.15) is 0 Å². The summed E-state index contributed by atoms with van der Waals surface area (Å²) in [6.45, 7) is 0. The Balaban J connectivity index is 1.47. The number of hydrogen-bond donors (Lipinski definition) is 1. The minimum absolute atomic E-state index is 0.137. The zero-order valence-electron chi connectivity index (χ0n) is 16.5. The van der Waals surface area contributed by atoms with Crippen molar-refractivity contribution in [2.75, 3.05) is 18.2 Å². The molecule has 0 spiro atoms. The van der Waals surface area contributed by atoms with E-state index in [0.29, 0.717) is 28.0 Å². The van der Waals surface area contributed by atoms with E-state index >= 15 is 0 Å². The first-order valence-corrected chi connectivity index (χ1v) is 10.7. The number of para-hydroxylation sites is 1. The fourth-order valence-corrected chi connectivity index (χ4v) is 3.66. The molecule has 0 saturated heterocycles. The molecule has 0 aliphatic heterocycles. The first-order chi connectivity index (χ1) is 15.1. The Morgan fingerprint density at radius 2 is 1.81 bits per heavy atom. The molecule has 0 fully saturated rings. The highest BCUT2D eigenvalue weighted by atomic mass is 35.5. The van der Waals surface area contributed by atoms with Gasteiger partial charge in [-0.05, 0) is 60.7 Å². The molecule has 0 atom stereocenters. The van der Waals surface area contributed by atoms with Crippen LogP contribution in [0.4, 0.5) is 5.69 Å². The zero-order valence-corrected chi connectivity index (χ0v) is 18.1. The van der Waals surface area contributed by atoms with E-state index in [1.165, 1.54) is 11.8 Å². The Morgan fingerprint density at radius 3 is 2.55 bits per heavy atom. The van der Waals surface area contributed by atoms with Gasteiger partial charge >= 0.3 is 0 Å². The molecule has 0 aliphatic rings. The van der Waals surface area contributed by atoms with E-state index in [1.54, 1.807) is 25.3 Å². The van der Waals surface area contributed by atoms with Crippen LogP contribution in [0.5, 0.6) is 5.75 Å². The molecule has 1 N–H and O–H groups in total. The van der Waals surface area contributed by atoms with E-state index in [9.17, 15) is 4.79 Å². The molecule has 0 radical (unpaired) electrons. The summed E-state index contributed by atoms with van der Waals surface area (Å²) in [5.41, 5.74) is 2.06. The molecule has 4 aromatic rings. The Hall–Kier alpha value is -3.29. The molecule has 3 aromatic carbocycles. The number of anilines is 1. The third kappa shape index (κ3) is 5.25. The number of carbonyl (C=O) groups is 1. The fourth-order valence-electron chi connectivity index (χ4n) is 2.83. The number of nitrogens with zero attached hydrogens (tertiary/aromatic N) is 2. The first-order valence-electron chi connectivity index (χ1n) is 9.38. The van der Waals surface area contributed by atoms with Crippen LogP contribution >= 0.6 is 23.4 Å². The lowest BCUT2D eigenvalue weighted by atomic mass is 10.1. The minimum Gasteiger partial charge on any atom is -0.497 e. The molecular weight excluding hydrogens is 434 g/mol. The third-order valence-electron chi connectivity index (χ3n) is 4.39. The quantitative estimate of drug-likeness (QED) is 0.358. The van der Waals surface area contributed by atoms with Crippen molar-refractivity contribution in [1.29, 1.82) is 0 Å². The number of ether oxygens (including phenoxy) is 1. The molecule has 6 nitrogen and oxygen atoms in total. The number of methoxy groups -OCH3 is 1. The van der Waals surface area contributed by atoms with Gasteiger partial charge in [0.1, 0.15) is 5.75 Å². The van der Waals surface area contributed by atoms with Crippen molar-refractivity contribution in [2.45, 2.75) is 4.90 Å². The van der Waals surface area contributed by atoms with E-state index in [0.717, 1.165) is 16.2 Å². The summed E-state index contributed by atoms with van der Waals surface area (Å²) in [7, 11) is 1.61. The van der Waals surface area contributed by atoms with Crippen LogP contribution in [-0.4, -0.2) is 28.9 Å². The van der Waals surface area contributed by atoms with Crippen LogP contribution in [0.2, 0.25) is 5.02 Å². The second kappa shape index (κ2) is 9.68. The number of thioether (sulfide) groups is 1. The number of aromatic nitrogens is 2. The normalized spacial score (nSPS) is 10.6. The van der Waals surface area contributed by atoms with Gasteiger partial charge in [0.25, 0.3) is 5.89 Å². The summed E-state index contributed by atoms with van der Waals surface area (Å²) in [6.07, 6.45) is 0. The number of amides is 1. The van der Waals surface area contributed by atoms with Crippen molar-refractivity contribution >= 4 is 35.0 Å². The largest absolute Gasteiger partial charge is 0.497 e. The van der Waals surface area contributed by atoms with Crippen molar-refractivity contribution in [2.24, 2.45) is 0 Å². The Morgan fingerprint density at radius 1 is 1.06 bits per heavy atom. The monoisotopic (exact) mass is 451 g/mol. The average molecular weight is 452 g/mol. The van der Waals surface area contributed by atoms with Gasteiger partial charge in [-0.25, -0.2) is 0 Å². The van der Waals surface area contributed by atoms with Crippen molar-refractivity contribution in [3.8, 4) is 28.6 Å². The molecule has 1 heterocycles. The lowest BCUT2D eigenvalue weighted by molar-refractivity contribution is -0.113. The van der Waals surface area contributed by atoms with Crippen molar-refractivity contribution in [3.63, 3.8) is 0 Å². The topological polar surface area (TPSA) is 77.3 Å². The molecule has 4 rings (SSSR count). The van der Waals surface area contributed by atoms with Crippen LogP contribution in [-0.2, 0) is 4.79 Å². The number of nitrogens with one attached hydrogen (secondary N) is 1. The lowest BCUT2D eigenvalue weighted by Gasteiger charge is -2.08. The number of carbonyl (C=O) groups excluding carboxylic acids is 1. The highest BCUT2D eigenvalue weighted by Crippen LogP contribution is 2.29. The average Bonchev–Trinajstić information content (AvgIpc) is 3.29. The first kappa shape index (κ1) is 21.0. The lowest BCUT2D eigenvalue weighted by Crippen LogP contribution is -2.14. The van der Waals surface area contributed by atoms with Gasteiger partial charge in [0, 0.05) is 15.5 Å². The molecule has 0 unspecified atom stereocenters. The van der Waals surface area contributed by atoms with Crippen LogP contribution in [0.3, 0.4) is 0 Å². The summed E-state index contributed by atoms with van der Waals surface area (Å²) >= 11 is 7.33. The second-order valence-electron chi connectivity index (χ2n) is 6.49. The van der Waals surface area contributed by atoms with Crippen LogP contribution in [0.15, 0.2) is 82.2 Å². The predicted octanol–water partition coefficient (Wildman–Crippen LogP) is 5.80. The van der Waals surface area contributed by atoms with Gasteiger partial charge in [0.2, 0.25) is 11.7 Å². The van der Waals surface area contributed by atoms with Crippen LogP contribution in [0.25, 0.3) is 22.8 Å². The van der Waals surface area contributed by atoms with Crippen LogP contribution in [0, 0.1) is 0 Å². The molecular formula is C23H18ClN3O3S. The molecule has 0 saturated carbocycles. The maximum atomic E-state index is 12.5. The summed E-state index contributed by atoms with van der Waals surface area (Å²) in [6, 6.07) is 22.1. The molecule has 31 heavy (non-hydrogen) atoms. The van der Waals surface area contributed by atoms with Gasteiger partial charge in [-0.2, -0.15) is 4.98 Å². The van der Waals surface area contributed by atoms with Gasteiger partial charge in [0.15, 0.2) is 0 Å². The minimum atomic E-state index is -0.137. The number of benzene rings is 3. The maximum Gasteiger partial charge on any atom is 0.260 e. The molecule has 1 aromatic heterocycles. The van der Waals surface area contributed by atoms with E-state index in [1.807, 2.05) is 54.6 Å². The predicted molar refractivity (Wildman–Crippen MR) is 123 cm³/mol. The van der Waals surface area contributed by atoms with Gasteiger partial charge < -0.3 is 14.6 Å². The van der Waals surface area contributed by atoms with E-state index in [2.05, 4.69) is 15.5 Å². The van der Waals surface area contributed by atoms with Gasteiger partial charge in [-0.15, -0.1) is 11.8 Å². The number of rotatable bonds is 7. The van der Waals surface area contributed by atoms with Crippen LogP contribution < -0.4 is 10.1 Å². The fraction of sp³-hybridized carbons (Fsp3) is 0.0870. The Bertz CT molecular complexity index is 1180. The Kier molecular flexibility index (Phi) is 6.54. The van der Waals surface area contributed by atoms with Gasteiger partial charge in [-0.3, -0.25) is 4.79 Å². The highest BCUT2D eigenvalue weighted by Gasteiger charge is 2.15. The van der Waals surface area contributed by atoms with Crippen molar-refractivity contribution in [1.82, 2.24) is 10.1 Å². The molecule has 0 aliphatic carbocycles. The van der Waals surface area contributed by atoms with E-state index in [4.69, 9.17) is 20.9 Å². The summed E-state index contributed by atoms with van der Waals surface area (Å²) < 4.78 is 10.6.